The topological polar surface area (TPSA) is 66.5 Å². The normalized spacial score (nSPS) is 37.7. The maximum atomic E-state index is 13.4. The van der Waals surface area contributed by atoms with Gasteiger partial charge in [0.1, 0.15) is 6.04 Å². The fourth-order valence-electron chi connectivity index (χ4n) is 6.79. The lowest BCUT2D eigenvalue weighted by Gasteiger charge is -2.57. The lowest BCUT2D eigenvalue weighted by atomic mass is 9.53. The van der Waals surface area contributed by atoms with Crippen LogP contribution in [-0.4, -0.2) is 36.8 Å². The fourth-order valence-corrected chi connectivity index (χ4v) is 8.47. The lowest BCUT2D eigenvalue weighted by molar-refractivity contribution is -0.131. The molecule has 152 valence electrons. The molecule has 6 heteroatoms. The molecule has 5 aliphatic rings. The Labute approximate surface area is 167 Å². The Morgan fingerprint density at radius 2 is 1.57 bits per heavy atom. The molecule has 1 heterocycles. The van der Waals surface area contributed by atoms with Gasteiger partial charge in [0.25, 0.3) is 0 Å². The molecule has 1 aromatic carbocycles. The van der Waals surface area contributed by atoms with Crippen molar-refractivity contribution in [2.75, 3.05) is 6.54 Å². The molecule has 28 heavy (non-hydrogen) atoms. The van der Waals surface area contributed by atoms with Crippen LogP contribution in [0.5, 0.6) is 0 Å². The van der Waals surface area contributed by atoms with Crippen LogP contribution in [0.2, 0.25) is 0 Å². The number of rotatable bonds is 4. The molecule has 6 rings (SSSR count). The van der Waals surface area contributed by atoms with Crippen molar-refractivity contribution in [1.29, 1.82) is 0 Å². The lowest BCUT2D eigenvalue weighted by Crippen LogP contribution is -2.63. The summed E-state index contributed by atoms with van der Waals surface area (Å²) in [6.07, 6.45) is 9.57. The number of hydrogen-bond donors (Lipinski definition) is 1. The van der Waals surface area contributed by atoms with Gasteiger partial charge in [0.15, 0.2) is 0 Å². The Hall–Kier alpha value is -1.40. The highest BCUT2D eigenvalue weighted by molar-refractivity contribution is 7.89. The van der Waals surface area contributed by atoms with E-state index in [4.69, 9.17) is 0 Å². The number of piperidine rings is 1. The van der Waals surface area contributed by atoms with Crippen molar-refractivity contribution in [2.45, 2.75) is 74.3 Å². The third-order valence-electron chi connectivity index (χ3n) is 7.53. The Balaban J connectivity index is 1.37. The molecule has 0 radical (unpaired) electrons. The largest absolute Gasteiger partial charge is 0.349 e. The molecule has 0 unspecified atom stereocenters. The van der Waals surface area contributed by atoms with Gasteiger partial charge >= 0.3 is 0 Å². The van der Waals surface area contributed by atoms with E-state index in [1.165, 1.54) is 23.6 Å². The van der Waals surface area contributed by atoms with Gasteiger partial charge in [-0.1, -0.05) is 24.6 Å². The van der Waals surface area contributed by atoms with Crippen molar-refractivity contribution in [1.82, 2.24) is 9.62 Å². The highest BCUT2D eigenvalue weighted by Gasteiger charge is 2.52. The van der Waals surface area contributed by atoms with Crippen LogP contribution < -0.4 is 5.32 Å². The summed E-state index contributed by atoms with van der Waals surface area (Å²) < 4.78 is 27.9. The second-order valence-electron chi connectivity index (χ2n) is 9.63. The molecule has 1 aliphatic heterocycles. The van der Waals surface area contributed by atoms with Crippen molar-refractivity contribution >= 4 is 15.9 Å². The molecule has 0 spiro atoms. The van der Waals surface area contributed by atoms with Crippen LogP contribution in [-0.2, 0) is 14.8 Å². The molecular formula is C22H30N2O3S. The first-order chi connectivity index (χ1) is 13.5. The fraction of sp³-hybridized carbons (Fsp3) is 0.682. The Bertz CT molecular complexity index is 817. The van der Waals surface area contributed by atoms with E-state index in [0.29, 0.717) is 13.0 Å². The third-order valence-corrected chi connectivity index (χ3v) is 9.46. The zero-order valence-electron chi connectivity index (χ0n) is 16.3. The second kappa shape index (κ2) is 6.84. The van der Waals surface area contributed by atoms with E-state index in [9.17, 15) is 13.2 Å². The summed E-state index contributed by atoms with van der Waals surface area (Å²) in [5.41, 5.74) is -0.0779. The van der Waals surface area contributed by atoms with Crippen LogP contribution in [0.25, 0.3) is 0 Å². The van der Waals surface area contributed by atoms with E-state index in [1.54, 1.807) is 24.3 Å². The van der Waals surface area contributed by atoms with E-state index in [2.05, 4.69) is 5.32 Å². The number of nitrogens with zero attached hydrogens (tertiary/aromatic N) is 1. The summed E-state index contributed by atoms with van der Waals surface area (Å²) in [7, 11) is -3.65. The number of benzene rings is 1. The van der Waals surface area contributed by atoms with Crippen molar-refractivity contribution in [3.8, 4) is 0 Å². The number of carbonyl (C=O) groups excluding carboxylic acids is 1. The second-order valence-corrected chi connectivity index (χ2v) is 11.5. The van der Waals surface area contributed by atoms with E-state index in [0.717, 1.165) is 49.9 Å². The van der Waals surface area contributed by atoms with Crippen LogP contribution in [0, 0.1) is 17.8 Å². The van der Waals surface area contributed by atoms with Gasteiger partial charge in [-0.3, -0.25) is 4.79 Å². The molecule has 4 aliphatic carbocycles. The number of nitrogens with one attached hydrogen (secondary N) is 1. The van der Waals surface area contributed by atoms with Crippen LogP contribution in [0.1, 0.15) is 57.8 Å². The van der Waals surface area contributed by atoms with Gasteiger partial charge in [-0.25, -0.2) is 8.42 Å². The number of hydrogen-bond acceptors (Lipinski definition) is 3. The van der Waals surface area contributed by atoms with Crippen LogP contribution in [0.4, 0.5) is 0 Å². The standard InChI is InChI=1S/C22H30N2O3S/c25-21(23-22-13-16-10-17(14-22)12-18(11-16)15-22)20-8-4-5-9-24(20)28(26,27)19-6-2-1-3-7-19/h1-3,6-7,16-18,20H,4-5,8-15H2,(H,23,25)/t16?,17?,18?,20-,22?/m0/s1. The van der Waals surface area contributed by atoms with E-state index in [1.807, 2.05) is 6.07 Å². The minimum Gasteiger partial charge on any atom is -0.349 e. The van der Waals surface area contributed by atoms with E-state index < -0.39 is 16.1 Å². The maximum absolute atomic E-state index is 13.4. The molecule has 4 saturated carbocycles. The van der Waals surface area contributed by atoms with Crippen molar-refractivity contribution < 1.29 is 13.2 Å². The maximum Gasteiger partial charge on any atom is 0.243 e. The van der Waals surface area contributed by atoms with Gasteiger partial charge in [0, 0.05) is 12.1 Å². The molecule has 1 N–H and O–H groups in total. The highest BCUT2D eigenvalue weighted by atomic mass is 32.2. The van der Waals surface area contributed by atoms with Crippen molar-refractivity contribution in [2.24, 2.45) is 17.8 Å². The smallest absolute Gasteiger partial charge is 0.243 e. The summed E-state index contributed by atoms with van der Waals surface area (Å²) in [6.45, 7) is 0.427. The first-order valence-corrected chi connectivity index (χ1v) is 12.3. The van der Waals surface area contributed by atoms with Crippen molar-refractivity contribution in [3.63, 3.8) is 0 Å². The highest BCUT2D eigenvalue weighted by Crippen LogP contribution is 2.55. The summed E-state index contributed by atoms with van der Waals surface area (Å²) in [5.74, 6) is 2.19. The minimum absolute atomic E-state index is 0.0684. The number of sulfonamides is 1. The van der Waals surface area contributed by atoms with Gasteiger partial charge in [-0.2, -0.15) is 4.31 Å². The van der Waals surface area contributed by atoms with Crippen LogP contribution >= 0.6 is 0 Å². The monoisotopic (exact) mass is 402 g/mol. The SMILES string of the molecule is O=C(NC12CC3CC(CC(C3)C1)C2)[C@@H]1CCCCN1S(=O)(=O)c1ccccc1. The summed E-state index contributed by atoms with van der Waals surface area (Å²) in [5, 5.41) is 3.40. The van der Waals surface area contributed by atoms with Gasteiger partial charge in [-0.15, -0.1) is 0 Å². The van der Waals surface area contributed by atoms with Gasteiger partial charge < -0.3 is 5.32 Å². The number of carbonyl (C=O) groups is 1. The molecule has 1 amide bonds. The van der Waals surface area contributed by atoms with Gasteiger partial charge in [0.05, 0.1) is 4.90 Å². The predicted molar refractivity (Wildman–Crippen MR) is 107 cm³/mol. The first kappa shape index (κ1) is 18.6. The first-order valence-electron chi connectivity index (χ1n) is 10.8. The zero-order valence-corrected chi connectivity index (χ0v) is 17.2. The summed E-state index contributed by atoms with van der Waals surface area (Å²) in [6, 6.07) is 7.96. The van der Waals surface area contributed by atoms with E-state index >= 15 is 0 Å². The molecule has 1 saturated heterocycles. The predicted octanol–water partition coefficient (Wildman–Crippen LogP) is 3.31. The molecule has 5 nitrogen and oxygen atoms in total. The van der Waals surface area contributed by atoms with Crippen LogP contribution in [0.3, 0.4) is 0 Å². The van der Waals surface area contributed by atoms with Gasteiger partial charge in [0.2, 0.25) is 15.9 Å². The van der Waals surface area contributed by atoms with Gasteiger partial charge in [-0.05, 0) is 81.3 Å². The zero-order chi connectivity index (χ0) is 19.4. The average molecular weight is 403 g/mol. The molecule has 0 aromatic heterocycles. The third kappa shape index (κ3) is 3.18. The quantitative estimate of drug-likeness (QED) is 0.840. The summed E-state index contributed by atoms with van der Waals surface area (Å²) >= 11 is 0. The molecule has 1 aromatic rings. The Morgan fingerprint density at radius 3 is 2.18 bits per heavy atom. The molecule has 4 bridgehead atoms. The number of amides is 1. The van der Waals surface area contributed by atoms with Crippen LogP contribution in [0.15, 0.2) is 35.2 Å². The Kier molecular flexibility index (Phi) is 4.55. The molecule has 5 fully saturated rings. The average Bonchev–Trinajstić information content (AvgIpc) is 2.67. The molecular weight excluding hydrogens is 372 g/mol. The Morgan fingerprint density at radius 1 is 0.964 bits per heavy atom. The van der Waals surface area contributed by atoms with Crippen molar-refractivity contribution in [3.05, 3.63) is 30.3 Å². The molecule has 1 atom stereocenters. The minimum atomic E-state index is -3.65. The van der Waals surface area contributed by atoms with E-state index in [-0.39, 0.29) is 16.3 Å². The summed E-state index contributed by atoms with van der Waals surface area (Å²) in [4.78, 5) is 13.6.